The predicted molar refractivity (Wildman–Crippen MR) is 47.9 cm³/mol. The summed E-state index contributed by atoms with van der Waals surface area (Å²) in [7, 11) is 0. The van der Waals surface area contributed by atoms with Gasteiger partial charge < -0.3 is 6.92 Å². The molecule has 0 aliphatic rings. The molecule has 62 valence electrons. The summed E-state index contributed by atoms with van der Waals surface area (Å²) >= 11 is 0. The van der Waals surface area contributed by atoms with Gasteiger partial charge in [-0.15, -0.1) is 0 Å². The summed E-state index contributed by atoms with van der Waals surface area (Å²) < 4.78 is 0. The minimum Gasteiger partial charge on any atom is -0.343 e. The van der Waals surface area contributed by atoms with Crippen molar-refractivity contribution in [1.82, 2.24) is 0 Å². The summed E-state index contributed by atoms with van der Waals surface area (Å²) in [4.78, 5) is 0. The van der Waals surface area contributed by atoms with E-state index >= 15 is 0 Å². The van der Waals surface area contributed by atoms with Crippen LogP contribution >= 0.6 is 0 Å². The van der Waals surface area contributed by atoms with E-state index in [1.54, 1.807) is 0 Å². The van der Waals surface area contributed by atoms with Crippen molar-refractivity contribution >= 4 is 0 Å². The Kier molecular flexibility index (Phi) is 14.5. The molecule has 0 N–H and O–H groups in total. The standard InChI is InChI=1S/C10H21.Na/c1-4-7-9-10(6-3)8-5-2;/h10H,2,4-9H2,1,3H3;/q-1;+1. The van der Waals surface area contributed by atoms with Gasteiger partial charge in [-0.1, -0.05) is 46.0 Å². The Labute approximate surface area is 94.4 Å². The summed E-state index contributed by atoms with van der Waals surface area (Å²) in [6, 6.07) is 0. The maximum absolute atomic E-state index is 3.88. The number of rotatable bonds is 6. The fourth-order valence-electron chi connectivity index (χ4n) is 1.33. The van der Waals surface area contributed by atoms with Gasteiger partial charge in [-0.05, 0) is 5.92 Å². The average molecular weight is 164 g/mol. The van der Waals surface area contributed by atoms with E-state index in [1.165, 1.54) is 32.1 Å². The molecule has 0 spiro atoms. The van der Waals surface area contributed by atoms with Gasteiger partial charge in [0.1, 0.15) is 0 Å². The van der Waals surface area contributed by atoms with Crippen molar-refractivity contribution in [3.63, 3.8) is 0 Å². The summed E-state index contributed by atoms with van der Waals surface area (Å²) in [6.07, 6.45) is 7.95. The zero-order valence-corrected chi connectivity index (χ0v) is 10.5. The quantitative estimate of drug-likeness (QED) is 0.403. The molecule has 11 heavy (non-hydrogen) atoms. The first kappa shape index (κ1) is 14.5. The molecular weight excluding hydrogens is 143 g/mol. The molecule has 1 heteroatoms. The predicted octanol–water partition coefficient (Wildman–Crippen LogP) is 0.821. The van der Waals surface area contributed by atoms with Crippen LogP contribution in [-0.2, 0) is 0 Å². The molecule has 0 radical (unpaired) electrons. The Hall–Kier alpha value is 1.00. The van der Waals surface area contributed by atoms with Crippen molar-refractivity contribution in [2.75, 3.05) is 0 Å². The Morgan fingerprint density at radius 1 is 1.18 bits per heavy atom. The van der Waals surface area contributed by atoms with Gasteiger partial charge in [0.05, 0.1) is 0 Å². The molecule has 0 heterocycles. The van der Waals surface area contributed by atoms with Crippen molar-refractivity contribution in [2.45, 2.75) is 52.4 Å². The maximum atomic E-state index is 3.88. The summed E-state index contributed by atoms with van der Waals surface area (Å²) in [5, 5.41) is 0. The van der Waals surface area contributed by atoms with Crippen LogP contribution in [0.4, 0.5) is 0 Å². The normalized spacial score (nSPS) is 12.3. The van der Waals surface area contributed by atoms with Crippen LogP contribution in [0.1, 0.15) is 52.4 Å². The van der Waals surface area contributed by atoms with Gasteiger partial charge in [-0.2, -0.15) is 6.42 Å². The molecule has 0 amide bonds. The van der Waals surface area contributed by atoms with Gasteiger partial charge in [0.2, 0.25) is 0 Å². The third kappa shape index (κ3) is 8.91. The topological polar surface area (TPSA) is 0 Å². The summed E-state index contributed by atoms with van der Waals surface area (Å²) in [5.74, 6) is 0.956. The molecule has 0 aromatic heterocycles. The average Bonchev–Trinajstić information content (AvgIpc) is 1.98. The van der Waals surface area contributed by atoms with Gasteiger partial charge in [-0.3, -0.25) is 0 Å². The fourth-order valence-corrected chi connectivity index (χ4v) is 1.33. The first-order chi connectivity index (χ1) is 4.85. The molecule has 1 unspecified atom stereocenters. The van der Waals surface area contributed by atoms with Crippen LogP contribution in [0.25, 0.3) is 0 Å². The molecular formula is C10H21Na. The molecule has 0 rings (SSSR count). The van der Waals surface area contributed by atoms with Crippen LogP contribution < -0.4 is 29.6 Å². The first-order valence-electron chi connectivity index (χ1n) is 4.64. The number of unbranched alkanes of at least 4 members (excludes halogenated alkanes) is 1. The van der Waals surface area contributed by atoms with Crippen molar-refractivity contribution in [2.24, 2.45) is 5.92 Å². The first-order valence-corrected chi connectivity index (χ1v) is 4.64. The van der Waals surface area contributed by atoms with E-state index < -0.39 is 0 Å². The van der Waals surface area contributed by atoms with Crippen LogP contribution in [0.15, 0.2) is 0 Å². The fraction of sp³-hybridized carbons (Fsp3) is 0.900. The molecule has 0 saturated carbocycles. The minimum absolute atomic E-state index is 0. The molecule has 0 aromatic rings. The zero-order valence-electron chi connectivity index (χ0n) is 8.53. The smallest absolute Gasteiger partial charge is 0.343 e. The number of hydrogen-bond acceptors (Lipinski definition) is 0. The van der Waals surface area contributed by atoms with Crippen molar-refractivity contribution in [1.29, 1.82) is 0 Å². The van der Waals surface area contributed by atoms with E-state index in [9.17, 15) is 0 Å². The Balaban J connectivity index is 0. The van der Waals surface area contributed by atoms with E-state index in [4.69, 9.17) is 0 Å². The molecule has 0 aromatic carbocycles. The molecule has 0 saturated heterocycles. The number of hydrogen-bond donors (Lipinski definition) is 0. The maximum Gasteiger partial charge on any atom is 1.00 e. The van der Waals surface area contributed by atoms with Crippen molar-refractivity contribution in [3.8, 4) is 0 Å². The summed E-state index contributed by atoms with van der Waals surface area (Å²) in [6.45, 7) is 8.43. The monoisotopic (exact) mass is 164 g/mol. The molecule has 1 atom stereocenters. The Bertz CT molecular complexity index is 61.9. The third-order valence-corrected chi connectivity index (χ3v) is 2.16. The van der Waals surface area contributed by atoms with E-state index in [0.29, 0.717) is 0 Å². The van der Waals surface area contributed by atoms with E-state index in [0.717, 1.165) is 12.3 Å². The van der Waals surface area contributed by atoms with Gasteiger partial charge in [0.15, 0.2) is 0 Å². The van der Waals surface area contributed by atoms with Crippen molar-refractivity contribution < 1.29 is 29.6 Å². The molecule has 0 fully saturated rings. The van der Waals surface area contributed by atoms with Crippen LogP contribution in [-0.4, -0.2) is 0 Å². The Morgan fingerprint density at radius 2 is 1.82 bits per heavy atom. The van der Waals surface area contributed by atoms with E-state index in [-0.39, 0.29) is 29.6 Å². The van der Waals surface area contributed by atoms with E-state index in [1.807, 2.05) is 0 Å². The SMILES string of the molecule is [CH2-]CCC(CC)CCCC.[Na+]. The third-order valence-electron chi connectivity index (χ3n) is 2.16. The van der Waals surface area contributed by atoms with E-state index in [2.05, 4.69) is 20.8 Å². The second kappa shape index (κ2) is 11.0. The molecule has 0 bridgehead atoms. The second-order valence-corrected chi connectivity index (χ2v) is 3.06. The zero-order chi connectivity index (χ0) is 7.82. The van der Waals surface area contributed by atoms with Crippen LogP contribution in [0.5, 0.6) is 0 Å². The van der Waals surface area contributed by atoms with Crippen LogP contribution in [0, 0.1) is 12.8 Å². The second-order valence-electron chi connectivity index (χ2n) is 3.06. The van der Waals surface area contributed by atoms with Gasteiger partial charge >= 0.3 is 29.6 Å². The van der Waals surface area contributed by atoms with Gasteiger partial charge in [-0.25, -0.2) is 0 Å². The van der Waals surface area contributed by atoms with Crippen LogP contribution in [0.3, 0.4) is 0 Å². The van der Waals surface area contributed by atoms with Crippen molar-refractivity contribution in [3.05, 3.63) is 6.92 Å². The van der Waals surface area contributed by atoms with Gasteiger partial charge in [0.25, 0.3) is 0 Å². The minimum atomic E-state index is 0. The summed E-state index contributed by atoms with van der Waals surface area (Å²) in [5.41, 5.74) is 0. The van der Waals surface area contributed by atoms with Crippen LogP contribution in [0.2, 0.25) is 0 Å². The Morgan fingerprint density at radius 3 is 2.18 bits per heavy atom. The molecule has 0 aliphatic carbocycles. The molecule has 0 nitrogen and oxygen atoms in total. The molecule has 0 aliphatic heterocycles. The largest absolute Gasteiger partial charge is 1.00 e. The van der Waals surface area contributed by atoms with Gasteiger partial charge in [0, 0.05) is 0 Å².